The minimum Gasteiger partial charge on any atom is -0.393 e. The maximum absolute atomic E-state index is 13.6. The summed E-state index contributed by atoms with van der Waals surface area (Å²) in [5.74, 6) is -0.258. The molecule has 102 valence electrons. The van der Waals surface area contributed by atoms with Gasteiger partial charge in [-0.15, -0.1) is 11.3 Å². The number of thiophene rings is 1. The van der Waals surface area contributed by atoms with E-state index in [1.165, 1.54) is 10.9 Å². The maximum atomic E-state index is 13.6. The van der Waals surface area contributed by atoms with Gasteiger partial charge in [0, 0.05) is 15.8 Å². The van der Waals surface area contributed by atoms with E-state index in [0.717, 1.165) is 17.3 Å². The Hall–Kier alpha value is -0.710. The third-order valence-corrected chi connectivity index (χ3v) is 4.44. The summed E-state index contributed by atoms with van der Waals surface area (Å²) in [6.45, 7) is 0. The van der Waals surface area contributed by atoms with Crippen LogP contribution in [0.1, 0.15) is 23.3 Å². The number of rotatable bonds is 6. The molecule has 4 heteroatoms. The molecule has 0 spiro atoms. The van der Waals surface area contributed by atoms with Crippen molar-refractivity contribution >= 4 is 27.3 Å². The first-order chi connectivity index (χ1) is 9.15. The highest BCUT2D eigenvalue weighted by molar-refractivity contribution is 9.10. The third-order valence-electron chi connectivity index (χ3n) is 3.01. The average Bonchev–Trinajstić information content (AvgIpc) is 2.86. The Labute approximate surface area is 125 Å². The summed E-state index contributed by atoms with van der Waals surface area (Å²) in [5.41, 5.74) is 0.576. The van der Waals surface area contributed by atoms with Gasteiger partial charge in [-0.05, 0) is 48.4 Å². The van der Waals surface area contributed by atoms with Crippen LogP contribution >= 0.6 is 27.3 Å². The van der Waals surface area contributed by atoms with Gasteiger partial charge in [-0.1, -0.05) is 28.1 Å². The molecular formula is C15H16BrFOS. The second-order valence-electron chi connectivity index (χ2n) is 4.57. The Kier molecular flexibility index (Phi) is 5.55. The zero-order valence-corrected chi connectivity index (χ0v) is 12.9. The van der Waals surface area contributed by atoms with Crippen molar-refractivity contribution in [3.63, 3.8) is 0 Å². The van der Waals surface area contributed by atoms with Gasteiger partial charge in [-0.25, -0.2) is 4.39 Å². The van der Waals surface area contributed by atoms with Gasteiger partial charge in [0.15, 0.2) is 0 Å². The van der Waals surface area contributed by atoms with Crippen LogP contribution in [0.4, 0.5) is 4.39 Å². The van der Waals surface area contributed by atoms with E-state index in [0.29, 0.717) is 18.4 Å². The second kappa shape index (κ2) is 7.17. The lowest BCUT2D eigenvalue weighted by Gasteiger charge is -2.11. The fourth-order valence-corrected chi connectivity index (χ4v) is 3.09. The van der Waals surface area contributed by atoms with Gasteiger partial charge in [0.1, 0.15) is 5.82 Å². The first-order valence-electron chi connectivity index (χ1n) is 6.29. The number of aliphatic hydroxyl groups excluding tert-OH is 1. The summed E-state index contributed by atoms with van der Waals surface area (Å²) < 4.78 is 14.3. The van der Waals surface area contributed by atoms with Crippen LogP contribution in [-0.2, 0) is 12.8 Å². The molecule has 1 atom stereocenters. The first-order valence-corrected chi connectivity index (χ1v) is 7.97. The standard InChI is InChI=1S/C15H16BrFOS/c16-12-7-6-11(15(17)10-12)9-13(18)3-1-4-14-5-2-8-19-14/h2,5-8,10,13,18H,1,3-4,9H2. The van der Waals surface area contributed by atoms with Crippen molar-refractivity contribution < 1.29 is 9.50 Å². The predicted molar refractivity (Wildman–Crippen MR) is 81.1 cm³/mol. The molecule has 1 N–H and O–H groups in total. The number of aliphatic hydroxyl groups is 1. The van der Waals surface area contributed by atoms with Gasteiger partial charge in [-0.3, -0.25) is 0 Å². The van der Waals surface area contributed by atoms with Crippen molar-refractivity contribution in [1.82, 2.24) is 0 Å². The van der Waals surface area contributed by atoms with Gasteiger partial charge >= 0.3 is 0 Å². The van der Waals surface area contributed by atoms with Crippen LogP contribution in [-0.4, -0.2) is 11.2 Å². The molecule has 0 bridgehead atoms. The molecular weight excluding hydrogens is 327 g/mol. The predicted octanol–water partition coefficient (Wildman–Crippen LogP) is 4.58. The van der Waals surface area contributed by atoms with Crippen molar-refractivity contribution in [1.29, 1.82) is 0 Å². The molecule has 1 aromatic heterocycles. The van der Waals surface area contributed by atoms with E-state index in [1.807, 2.05) is 6.07 Å². The normalized spacial score (nSPS) is 12.6. The molecule has 1 aromatic carbocycles. The first kappa shape index (κ1) is 14.7. The number of hydrogen-bond donors (Lipinski definition) is 1. The van der Waals surface area contributed by atoms with Crippen LogP contribution in [0.25, 0.3) is 0 Å². The summed E-state index contributed by atoms with van der Waals surface area (Å²) >= 11 is 4.96. The van der Waals surface area contributed by atoms with Gasteiger partial charge in [0.25, 0.3) is 0 Å². The van der Waals surface area contributed by atoms with Gasteiger partial charge < -0.3 is 5.11 Å². The van der Waals surface area contributed by atoms with Crippen LogP contribution in [0.5, 0.6) is 0 Å². The number of aryl methyl sites for hydroxylation is 1. The molecule has 0 fully saturated rings. The summed E-state index contributed by atoms with van der Waals surface area (Å²) in [4.78, 5) is 1.34. The molecule has 0 amide bonds. The van der Waals surface area contributed by atoms with E-state index < -0.39 is 6.10 Å². The summed E-state index contributed by atoms with van der Waals surface area (Å²) in [6, 6.07) is 9.10. The monoisotopic (exact) mass is 342 g/mol. The van der Waals surface area contributed by atoms with Crippen LogP contribution in [0.2, 0.25) is 0 Å². The molecule has 0 aliphatic carbocycles. The van der Waals surface area contributed by atoms with Crippen molar-refractivity contribution in [2.45, 2.75) is 31.8 Å². The fourth-order valence-electron chi connectivity index (χ4n) is 2.01. The van der Waals surface area contributed by atoms with Crippen LogP contribution < -0.4 is 0 Å². The van der Waals surface area contributed by atoms with Crippen LogP contribution in [0.15, 0.2) is 40.2 Å². The van der Waals surface area contributed by atoms with Gasteiger partial charge in [-0.2, -0.15) is 0 Å². The minimum absolute atomic E-state index is 0.258. The molecule has 1 unspecified atom stereocenters. The summed E-state index contributed by atoms with van der Waals surface area (Å²) in [5, 5.41) is 12.0. The maximum Gasteiger partial charge on any atom is 0.127 e. The zero-order chi connectivity index (χ0) is 13.7. The lowest BCUT2D eigenvalue weighted by molar-refractivity contribution is 0.161. The largest absolute Gasteiger partial charge is 0.393 e. The second-order valence-corrected chi connectivity index (χ2v) is 6.51. The lowest BCUT2D eigenvalue weighted by atomic mass is 10.0. The Morgan fingerprint density at radius 3 is 2.84 bits per heavy atom. The van der Waals surface area contributed by atoms with Crippen molar-refractivity contribution in [3.8, 4) is 0 Å². The average molecular weight is 343 g/mol. The quantitative estimate of drug-likeness (QED) is 0.814. The van der Waals surface area contributed by atoms with Crippen LogP contribution in [0, 0.1) is 5.82 Å². The summed E-state index contributed by atoms with van der Waals surface area (Å²) in [6.07, 6.45) is 2.52. The van der Waals surface area contributed by atoms with E-state index in [4.69, 9.17) is 0 Å². The Morgan fingerprint density at radius 2 is 2.16 bits per heavy atom. The molecule has 0 radical (unpaired) electrons. The SMILES string of the molecule is OC(CCCc1cccs1)Cc1ccc(Br)cc1F. The number of hydrogen-bond acceptors (Lipinski definition) is 2. The van der Waals surface area contributed by atoms with E-state index >= 15 is 0 Å². The van der Waals surface area contributed by atoms with Gasteiger partial charge in [0.05, 0.1) is 6.10 Å². The number of halogens is 2. The molecule has 0 aliphatic rings. The molecule has 2 aromatic rings. The van der Waals surface area contributed by atoms with E-state index in [1.54, 1.807) is 23.5 Å². The smallest absolute Gasteiger partial charge is 0.127 e. The lowest BCUT2D eigenvalue weighted by Crippen LogP contribution is -2.11. The van der Waals surface area contributed by atoms with E-state index in [2.05, 4.69) is 27.4 Å². The Morgan fingerprint density at radius 1 is 1.32 bits per heavy atom. The highest BCUT2D eigenvalue weighted by atomic mass is 79.9. The molecule has 0 saturated heterocycles. The highest BCUT2D eigenvalue weighted by Crippen LogP contribution is 2.18. The van der Waals surface area contributed by atoms with E-state index in [-0.39, 0.29) is 5.82 Å². The fraction of sp³-hybridized carbons (Fsp3) is 0.333. The van der Waals surface area contributed by atoms with Crippen molar-refractivity contribution in [2.24, 2.45) is 0 Å². The molecule has 0 saturated carbocycles. The van der Waals surface area contributed by atoms with E-state index in [9.17, 15) is 9.50 Å². The summed E-state index contributed by atoms with van der Waals surface area (Å²) in [7, 11) is 0. The molecule has 0 aliphatic heterocycles. The topological polar surface area (TPSA) is 20.2 Å². The van der Waals surface area contributed by atoms with Crippen LogP contribution in [0.3, 0.4) is 0 Å². The van der Waals surface area contributed by atoms with Crippen molar-refractivity contribution in [2.75, 3.05) is 0 Å². The zero-order valence-electron chi connectivity index (χ0n) is 10.5. The van der Waals surface area contributed by atoms with Gasteiger partial charge in [0.2, 0.25) is 0 Å². The molecule has 19 heavy (non-hydrogen) atoms. The van der Waals surface area contributed by atoms with Crippen molar-refractivity contribution in [3.05, 3.63) is 56.4 Å². The molecule has 2 rings (SSSR count). The molecule has 1 heterocycles. The Balaban J connectivity index is 1.79. The number of benzene rings is 1. The Bertz CT molecular complexity index is 513. The minimum atomic E-state index is -0.476. The highest BCUT2D eigenvalue weighted by Gasteiger charge is 2.10. The third kappa shape index (κ3) is 4.71. The molecule has 1 nitrogen and oxygen atoms in total.